The van der Waals surface area contributed by atoms with Gasteiger partial charge in [-0.05, 0) is 43.3 Å². The molecule has 0 unspecified atom stereocenters. The molecule has 1 saturated heterocycles. The van der Waals surface area contributed by atoms with E-state index in [-0.39, 0.29) is 5.91 Å². The molecule has 0 saturated carbocycles. The number of nitrogens with one attached hydrogen (secondary N) is 1. The second-order valence-electron chi connectivity index (χ2n) is 7.66. The fourth-order valence-electron chi connectivity index (χ4n) is 3.58. The normalized spacial score (nSPS) is 14.8. The molecule has 1 amide bonds. The molecule has 6 heteroatoms. The van der Waals surface area contributed by atoms with Crippen molar-refractivity contribution in [3.63, 3.8) is 0 Å². The van der Waals surface area contributed by atoms with Crippen LogP contribution < -0.4 is 10.2 Å². The van der Waals surface area contributed by atoms with Crippen LogP contribution in [-0.2, 0) is 6.54 Å². The number of carbonyl (C=O) groups excluding carboxylic acids is 1. The SMILES string of the molecule is Cc1cc(N2CCN(C)CC2)ccc1NC(=O)c1cnn(Cc2ccccc2)c1. The first-order chi connectivity index (χ1) is 14.1. The predicted octanol–water partition coefficient (Wildman–Crippen LogP) is 3.24. The van der Waals surface area contributed by atoms with Crippen molar-refractivity contribution in [2.45, 2.75) is 13.5 Å². The van der Waals surface area contributed by atoms with Gasteiger partial charge in [0.1, 0.15) is 0 Å². The number of likely N-dealkylation sites (N-methyl/N-ethyl adjacent to an activating group) is 1. The summed E-state index contributed by atoms with van der Waals surface area (Å²) < 4.78 is 1.79. The van der Waals surface area contributed by atoms with Crippen molar-refractivity contribution < 1.29 is 4.79 Å². The second-order valence-corrected chi connectivity index (χ2v) is 7.66. The average Bonchev–Trinajstić information content (AvgIpc) is 3.19. The van der Waals surface area contributed by atoms with Gasteiger partial charge in [-0.3, -0.25) is 9.48 Å². The number of aryl methyl sites for hydroxylation is 1. The van der Waals surface area contributed by atoms with Crippen LogP contribution in [0.3, 0.4) is 0 Å². The smallest absolute Gasteiger partial charge is 0.258 e. The molecule has 0 radical (unpaired) electrons. The lowest BCUT2D eigenvalue weighted by Gasteiger charge is -2.34. The molecule has 29 heavy (non-hydrogen) atoms. The van der Waals surface area contributed by atoms with Crippen molar-refractivity contribution in [2.24, 2.45) is 0 Å². The lowest BCUT2D eigenvalue weighted by Crippen LogP contribution is -2.44. The molecule has 0 bridgehead atoms. The summed E-state index contributed by atoms with van der Waals surface area (Å²) in [4.78, 5) is 17.4. The fourth-order valence-corrected chi connectivity index (χ4v) is 3.58. The van der Waals surface area contributed by atoms with Crippen LogP contribution in [0.25, 0.3) is 0 Å². The number of anilines is 2. The molecular formula is C23H27N5O. The van der Waals surface area contributed by atoms with E-state index in [2.05, 4.69) is 39.4 Å². The molecule has 0 aliphatic carbocycles. The maximum absolute atomic E-state index is 12.7. The van der Waals surface area contributed by atoms with Crippen LogP contribution in [0.15, 0.2) is 60.9 Å². The zero-order valence-electron chi connectivity index (χ0n) is 17.0. The van der Waals surface area contributed by atoms with Gasteiger partial charge in [0.25, 0.3) is 5.91 Å². The van der Waals surface area contributed by atoms with Gasteiger partial charge < -0.3 is 15.1 Å². The summed E-state index contributed by atoms with van der Waals surface area (Å²) in [5, 5.41) is 7.35. The molecule has 3 aromatic rings. The summed E-state index contributed by atoms with van der Waals surface area (Å²) in [7, 11) is 2.16. The third-order valence-corrected chi connectivity index (χ3v) is 5.41. The van der Waals surface area contributed by atoms with E-state index >= 15 is 0 Å². The van der Waals surface area contributed by atoms with Gasteiger partial charge in [-0.2, -0.15) is 5.10 Å². The van der Waals surface area contributed by atoms with Gasteiger partial charge in [0.15, 0.2) is 0 Å². The molecule has 0 atom stereocenters. The molecule has 1 N–H and O–H groups in total. The van der Waals surface area contributed by atoms with Crippen LogP contribution in [0.2, 0.25) is 0 Å². The minimum absolute atomic E-state index is 0.139. The standard InChI is InChI=1S/C23H27N5O/c1-18-14-21(27-12-10-26(2)11-13-27)8-9-22(18)25-23(29)20-15-24-28(17-20)16-19-6-4-3-5-7-19/h3-9,14-15,17H,10-13,16H2,1-2H3,(H,25,29). The highest BCUT2D eigenvalue weighted by atomic mass is 16.1. The highest BCUT2D eigenvalue weighted by molar-refractivity contribution is 6.04. The molecule has 150 valence electrons. The first kappa shape index (κ1) is 19.2. The topological polar surface area (TPSA) is 53.4 Å². The molecule has 1 aliphatic rings. The lowest BCUT2D eigenvalue weighted by molar-refractivity contribution is 0.102. The van der Waals surface area contributed by atoms with Crippen molar-refractivity contribution in [3.8, 4) is 0 Å². The van der Waals surface area contributed by atoms with Crippen molar-refractivity contribution in [2.75, 3.05) is 43.4 Å². The van der Waals surface area contributed by atoms with Gasteiger partial charge >= 0.3 is 0 Å². The average molecular weight is 390 g/mol. The maximum Gasteiger partial charge on any atom is 0.258 e. The molecule has 1 fully saturated rings. The number of rotatable bonds is 5. The fraction of sp³-hybridized carbons (Fsp3) is 0.304. The van der Waals surface area contributed by atoms with Gasteiger partial charge in [0.2, 0.25) is 0 Å². The molecule has 1 aliphatic heterocycles. The number of nitrogens with zero attached hydrogens (tertiary/aromatic N) is 4. The Hall–Kier alpha value is -3.12. The summed E-state index contributed by atoms with van der Waals surface area (Å²) in [6, 6.07) is 16.3. The van der Waals surface area contributed by atoms with E-state index < -0.39 is 0 Å². The Morgan fingerprint density at radius 2 is 1.83 bits per heavy atom. The van der Waals surface area contributed by atoms with Crippen molar-refractivity contribution in [1.29, 1.82) is 0 Å². The van der Waals surface area contributed by atoms with E-state index in [1.54, 1.807) is 17.1 Å². The van der Waals surface area contributed by atoms with Crippen LogP contribution in [0, 0.1) is 6.92 Å². The van der Waals surface area contributed by atoms with E-state index in [9.17, 15) is 4.79 Å². The van der Waals surface area contributed by atoms with Gasteiger partial charge in [0.05, 0.1) is 18.3 Å². The lowest BCUT2D eigenvalue weighted by atomic mass is 10.1. The number of hydrogen-bond donors (Lipinski definition) is 1. The minimum atomic E-state index is -0.139. The van der Waals surface area contributed by atoms with E-state index in [0.717, 1.165) is 43.0 Å². The van der Waals surface area contributed by atoms with Crippen molar-refractivity contribution >= 4 is 17.3 Å². The Morgan fingerprint density at radius 3 is 2.55 bits per heavy atom. The van der Waals surface area contributed by atoms with E-state index in [1.165, 1.54) is 5.69 Å². The number of piperazine rings is 1. The summed E-state index contributed by atoms with van der Waals surface area (Å²) >= 11 is 0. The molecule has 2 heterocycles. The van der Waals surface area contributed by atoms with Crippen molar-refractivity contribution in [1.82, 2.24) is 14.7 Å². The van der Waals surface area contributed by atoms with E-state index in [1.807, 2.05) is 43.3 Å². The molecule has 1 aromatic heterocycles. The number of carbonyl (C=O) groups is 1. The highest BCUT2D eigenvalue weighted by Crippen LogP contribution is 2.24. The first-order valence-corrected chi connectivity index (χ1v) is 10.0. The second kappa shape index (κ2) is 8.49. The minimum Gasteiger partial charge on any atom is -0.369 e. The first-order valence-electron chi connectivity index (χ1n) is 10.0. The van der Waals surface area contributed by atoms with E-state index in [0.29, 0.717) is 12.1 Å². The number of benzene rings is 2. The highest BCUT2D eigenvalue weighted by Gasteiger charge is 2.16. The molecule has 6 nitrogen and oxygen atoms in total. The third kappa shape index (κ3) is 4.66. The largest absolute Gasteiger partial charge is 0.369 e. The summed E-state index contributed by atoms with van der Waals surface area (Å²) in [6.07, 6.45) is 3.41. The Labute approximate surface area is 171 Å². The Morgan fingerprint density at radius 1 is 1.07 bits per heavy atom. The van der Waals surface area contributed by atoms with Gasteiger partial charge in [-0.1, -0.05) is 30.3 Å². The Balaban J connectivity index is 1.41. The number of hydrogen-bond acceptors (Lipinski definition) is 4. The van der Waals surface area contributed by atoms with E-state index in [4.69, 9.17) is 0 Å². The zero-order valence-corrected chi connectivity index (χ0v) is 17.0. The molecule has 2 aromatic carbocycles. The van der Waals surface area contributed by atoms with Gasteiger partial charge in [-0.15, -0.1) is 0 Å². The predicted molar refractivity (Wildman–Crippen MR) is 117 cm³/mol. The Bertz CT molecular complexity index is 974. The Kier molecular flexibility index (Phi) is 5.62. The third-order valence-electron chi connectivity index (χ3n) is 5.41. The van der Waals surface area contributed by atoms with Crippen LogP contribution in [0.4, 0.5) is 11.4 Å². The number of amides is 1. The summed E-state index contributed by atoms with van der Waals surface area (Å²) in [5.41, 5.74) is 4.82. The van der Waals surface area contributed by atoms with Crippen LogP contribution in [0.5, 0.6) is 0 Å². The van der Waals surface area contributed by atoms with Crippen LogP contribution in [0.1, 0.15) is 21.5 Å². The van der Waals surface area contributed by atoms with Crippen LogP contribution in [-0.4, -0.2) is 53.8 Å². The molecule has 0 spiro atoms. The van der Waals surface area contributed by atoms with Gasteiger partial charge in [-0.25, -0.2) is 0 Å². The number of aromatic nitrogens is 2. The summed E-state index contributed by atoms with van der Waals surface area (Å²) in [6.45, 7) is 6.89. The quantitative estimate of drug-likeness (QED) is 0.728. The monoisotopic (exact) mass is 389 g/mol. The van der Waals surface area contributed by atoms with Crippen LogP contribution >= 0.6 is 0 Å². The zero-order chi connectivity index (χ0) is 20.2. The summed E-state index contributed by atoms with van der Waals surface area (Å²) in [5.74, 6) is -0.139. The molecular weight excluding hydrogens is 362 g/mol. The maximum atomic E-state index is 12.7. The van der Waals surface area contributed by atoms with Gasteiger partial charge in [0, 0.05) is 43.8 Å². The van der Waals surface area contributed by atoms with Crippen molar-refractivity contribution in [3.05, 3.63) is 77.6 Å². The molecule has 4 rings (SSSR count).